The van der Waals surface area contributed by atoms with Crippen LogP contribution in [-0.4, -0.2) is 46.8 Å². The molecule has 0 radical (unpaired) electrons. The first-order valence-corrected chi connectivity index (χ1v) is 14.5. The van der Waals surface area contributed by atoms with Crippen LogP contribution in [0.3, 0.4) is 0 Å². The van der Waals surface area contributed by atoms with E-state index in [-0.39, 0.29) is 23.0 Å². The van der Waals surface area contributed by atoms with E-state index in [2.05, 4.69) is 15.1 Å². The fourth-order valence-electron chi connectivity index (χ4n) is 5.09. The minimum atomic E-state index is -3.43. The lowest BCUT2D eigenvalue weighted by molar-refractivity contribution is 0.103. The lowest BCUT2D eigenvalue weighted by Gasteiger charge is -2.29. The van der Waals surface area contributed by atoms with Crippen molar-refractivity contribution in [2.45, 2.75) is 19.8 Å². The molecule has 3 aromatic heterocycles. The number of aromatic amines is 1. The summed E-state index contributed by atoms with van der Waals surface area (Å²) in [5.41, 5.74) is 9.97. The van der Waals surface area contributed by atoms with Gasteiger partial charge in [0.1, 0.15) is 5.82 Å². The molecule has 1 aliphatic heterocycles. The number of carbonyl (C=O) groups excluding carboxylic acids is 1. The molecule has 0 spiro atoms. The molecule has 4 heterocycles. The molecule has 0 fully saturated rings. The number of para-hydroxylation sites is 1. The van der Waals surface area contributed by atoms with Gasteiger partial charge in [0.25, 0.3) is 0 Å². The third-order valence-electron chi connectivity index (χ3n) is 7.05. The molecule has 1 aliphatic rings. The SMILES string of the molecule is Cc1cc(Oc2c(F)cccc2F)ncc1-n1ncc(C(=O)c2cc3c4c(ccc3[nH]2)N(S(C)(=O)=O)CCC4)c1N. The van der Waals surface area contributed by atoms with Crippen molar-refractivity contribution in [3.63, 3.8) is 0 Å². The van der Waals surface area contributed by atoms with Crippen LogP contribution in [0.4, 0.5) is 20.3 Å². The minimum absolute atomic E-state index is 0.0341. The quantitative estimate of drug-likeness (QED) is 0.280. The summed E-state index contributed by atoms with van der Waals surface area (Å²) in [6.45, 7) is 2.12. The number of pyridine rings is 1. The Bertz CT molecular complexity index is 1950. The Hall–Kier alpha value is -4.78. The summed E-state index contributed by atoms with van der Waals surface area (Å²) in [6.07, 6.45) is 5.26. The Labute approximate surface area is 233 Å². The highest BCUT2D eigenvalue weighted by atomic mass is 32.2. The largest absolute Gasteiger partial charge is 0.433 e. The van der Waals surface area contributed by atoms with Crippen LogP contribution in [0.15, 0.2) is 54.9 Å². The van der Waals surface area contributed by atoms with Crippen LogP contribution in [0.1, 0.15) is 33.6 Å². The van der Waals surface area contributed by atoms with E-state index in [9.17, 15) is 22.0 Å². The average Bonchev–Trinajstić information content (AvgIpc) is 3.54. The van der Waals surface area contributed by atoms with Gasteiger partial charge in [-0.25, -0.2) is 26.9 Å². The van der Waals surface area contributed by atoms with E-state index in [4.69, 9.17) is 10.5 Å². The van der Waals surface area contributed by atoms with Crippen molar-refractivity contribution in [2.75, 3.05) is 22.8 Å². The second-order valence-electron chi connectivity index (χ2n) is 9.79. The summed E-state index contributed by atoms with van der Waals surface area (Å²) < 4.78 is 60.6. The van der Waals surface area contributed by atoms with Crippen molar-refractivity contribution in [1.82, 2.24) is 19.7 Å². The number of anilines is 2. The Kier molecular flexibility index (Phi) is 6.25. The molecule has 10 nitrogen and oxygen atoms in total. The van der Waals surface area contributed by atoms with Crippen molar-refractivity contribution in [3.05, 3.63) is 88.9 Å². The normalized spacial score (nSPS) is 13.4. The number of carbonyl (C=O) groups is 1. The van der Waals surface area contributed by atoms with Crippen LogP contribution in [0.25, 0.3) is 16.6 Å². The second kappa shape index (κ2) is 9.70. The van der Waals surface area contributed by atoms with Crippen molar-refractivity contribution in [3.8, 4) is 17.3 Å². The molecule has 5 aromatic rings. The van der Waals surface area contributed by atoms with Crippen LogP contribution in [0, 0.1) is 18.6 Å². The number of rotatable bonds is 6. The molecular formula is C28H24F2N6O4S. The van der Waals surface area contributed by atoms with Gasteiger partial charge in [0.05, 0.1) is 41.3 Å². The highest BCUT2D eigenvalue weighted by molar-refractivity contribution is 7.92. The van der Waals surface area contributed by atoms with E-state index >= 15 is 0 Å². The highest BCUT2D eigenvalue weighted by Crippen LogP contribution is 2.36. The summed E-state index contributed by atoms with van der Waals surface area (Å²) in [5, 5.41) is 5.05. The number of nitrogens with zero attached hydrogens (tertiary/aromatic N) is 4. The second-order valence-corrected chi connectivity index (χ2v) is 11.7. The molecule has 13 heteroatoms. The van der Waals surface area contributed by atoms with Gasteiger partial charge in [-0.2, -0.15) is 5.10 Å². The number of aryl methyl sites for hydroxylation is 2. The fraction of sp³-hybridized carbons (Fsp3) is 0.179. The Morgan fingerprint density at radius 2 is 1.85 bits per heavy atom. The van der Waals surface area contributed by atoms with E-state index in [0.717, 1.165) is 23.1 Å². The van der Waals surface area contributed by atoms with Crippen LogP contribution in [-0.2, 0) is 16.4 Å². The number of nitrogens with one attached hydrogen (secondary N) is 1. The first kappa shape index (κ1) is 26.4. The van der Waals surface area contributed by atoms with Gasteiger partial charge in [-0.05, 0) is 61.2 Å². The zero-order valence-corrected chi connectivity index (χ0v) is 22.8. The Morgan fingerprint density at radius 1 is 1.10 bits per heavy atom. The van der Waals surface area contributed by atoms with E-state index in [1.54, 1.807) is 25.1 Å². The van der Waals surface area contributed by atoms with Gasteiger partial charge < -0.3 is 15.5 Å². The van der Waals surface area contributed by atoms with E-state index < -0.39 is 33.2 Å². The number of halogens is 2. The van der Waals surface area contributed by atoms with E-state index in [1.807, 2.05) is 0 Å². The van der Waals surface area contributed by atoms with E-state index in [1.165, 1.54) is 39.8 Å². The number of fused-ring (bicyclic) bond motifs is 3. The van der Waals surface area contributed by atoms with E-state index in [0.29, 0.717) is 41.8 Å². The smallest absolute Gasteiger partial charge is 0.232 e. The zero-order chi connectivity index (χ0) is 29.1. The predicted octanol–water partition coefficient (Wildman–Crippen LogP) is 4.65. The van der Waals surface area contributed by atoms with Gasteiger partial charge in [-0.1, -0.05) is 6.07 Å². The number of benzene rings is 2. The maximum absolute atomic E-state index is 14.0. The molecule has 0 atom stereocenters. The number of aromatic nitrogens is 4. The van der Waals surface area contributed by atoms with Crippen LogP contribution >= 0.6 is 0 Å². The summed E-state index contributed by atoms with van der Waals surface area (Å²) >= 11 is 0. The molecule has 6 rings (SSSR count). The minimum Gasteiger partial charge on any atom is -0.433 e. The van der Waals surface area contributed by atoms with Gasteiger partial charge in [-0.3, -0.25) is 9.10 Å². The molecule has 0 amide bonds. The van der Waals surface area contributed by atoms with Gasteiger partial charge in [0, 0.05) is 23.5 Å². The molecule has 41 heavy (non-hydrogen) atoms. The van der Waals surface area contributed by atoms with Crippen LogP contribution < -0.4 is 14.8 Å². The van der Waals surface area contributed by atoms with Gasteiger partial charge >= 0.3 is 0 Å². The topological polar surface area (TPSA) is 136 Å². The van der Waals surface area contributed by atoms with Gasteiger partial charge in [-0.15, -0.1) is 0 Å². The molecule has 2 aromatic carbocycles. The number of nitrogen functional groups attached to an aromatic ring is 1. The third kappa shape index (κ3) is 4.57. The van der Waals surface area contributed by atoms with Gasteiger partial charge in [0.15, 0.2) is 11.6 Å². The fourth-order valence-corrected chi connectivity index (χ4v) is 6.08. The van der Waals surface area contributed by atoms with Crippen molar-refractivity contribution < 1.29 is 26.7 Å². The molecule has 0 saturated heterocycles. The Balaban J connectivity index is 1.31. The van der Waals surface area contributed by atoms with Crippen molar-refractivity contribution >= 4 is 38.2 Å². The Morgan fingerprint density at radius 3 is 2.56 bits per heavy atom. The number of sulfonamides is 1. The lowest BCUT2D eigenvalue weighted by atomic mass is 9.99. The molecule has 0 aliphatic carbocycles. The molecule has 0 bridgehead atoms. The molecule has 0 saturated carbocycles. The predicted molar refractivity (Wildman–Crippen MR) is 149 cm³/mol. The standard InChI is InChI=1S/C28H24F2N6O4S/c1-15-11-25(40-27-19(29)6-3-7-20(27)30)32-14-24(15)36-28(31)18(13-33-36)26(37)22-12-17-16-5-4-10-35(41(2,38)39)23(16)9-8-21(17)34-22/h3,6-9,11-14,34H,4-5,10,31H2,1-2H3. The first-order valence-electron chi connectivity index (χ1n) is 12.6. The summed E-state index contributed by atoms with van der Waals surface area (Å²) in [4.78, 5) is 20.8. The maximum atomic E-state index is 14.0. The molecule has 210 valence electrons. The molecule has 3 N–H and O–H groups in total. The number of hydrogen-bond donors (Lipinski definition) is 2. The van der Waals surface area contributed by atoms with Crippen molar-refractivity contribution in [1.29, 1.82) is 0 Å². The number of ketones is 1. The molecule has 0 unspecified atom stereocenters. The lowest BCUT2D eigenvalue weighted by Crippen LogP contribution is -2.34. The summed E-state index contributed by atoms with van der Waals surface area (Å²) in [6, 6.07) is 10.1. The monoisotopic (exact) mass is 578 g/mol. The molecular weight excluding hydrogens is 554 g/mol. The van der Waals surface area contributed by atoms with Crippen LogP contribution in [0.2, 0.25) is 0 Å². The van der Waals surface area contributed by atoms with Crippen molar-refractivity contribution in [2.24, 2.45) is 0 Å². The number of hydrogen-bond acceptors (Lipinski definition) is 7. The summed E-state index contributed by atoms with van der Waals surface area (Å²) in [7, 11) is -3.43. The maximum Gasteiger partial charge on any atom is 0.232 e. The zero-order valence-electron chi connectivity index (χ0n) is 22.0. The number of ether oxygens (including phenoxy) is 1. The van der Waals surface area contributed by atoms with Crippen LogP contribution in [0.5, 0.6) is 11.6 Å². The van der Waals surface area contributed by atoms with Gasteiger partial charge in [0.2, 0.25) is 27.4 Å². The average molecular weight is 579 g/mol. The number of H-pyrrole nitrogens is 1. The number of nitrogens with two attached hydrogens (primary N) is 1. The summed E-state index contributed by atoms with van der Waals surface area (Å²) in [5.74, 6) is -2.65. The third-order valence-corrected chi connectivity index (χ3v) is 8.23. The first-order chi connectivity index (χ1) is 19.5. The highest BCUT2D eigenvalue weighted by Gasteiger charge is 2.27.